The van der Waals surface area contributed by atoms with Crippen LogP contribution in [-0.4, -0.2) is 33.4 Å². The third kappa shape index (κ3) is 2.23. The number of hydrogen-bond acceptors (Lipinski definition) is 6. The Bertz CT molecular complexity index is 964. The molecule has 0 saturated heterocycles. The van der Waals surface area contributed by atoms with Crippen LogP contribution in [-0.2, 0) is 12.0 Å². The van der Waals surface area contributed by atoms with Gasteiger partial charge >= 0.3 is 0 Å². The summed E-state index contributed by atoms with van der Waals surface area (Å²) in [6.07, 6.45) is 7.47. The van der Waals surface area contributed by atoms with Crippen molar-refractivity contribution in [2.24, 2.45) is 0 Å². The van der Waals surface area contributed by atoms with Gasteiger partial charge in [0.2, 0.25) is 0 Å². The molecule has 1 spiro atoms. The number of rotatable bonds is 3. The zero-order valence-electron chi connectivity index (χ0n) is 14.6. The van der Waals surface area contributed by atoms with E-state index in [4.69, 9.17) is 10.5 Å². The van der Waals surface area contributed by atoms with Gasteiger partial charge in [-0.3, -0.25) is 0 Å². The molecule has 3 aromatic rings. The number of aromatic nitrogens is 4. The Kier molecular flexibility index (Phi) is 3.19. The van der Waals surface area contributed by atoms with Gasteiger partial charge in [0.1, 0.15) is 17.8 Å². The molecule has 2 aromatic heterocycles. The normalized spacial score (nSPS) is 17.2. The Morgan fingerprint density at radius 3 is 2.77 bits per heavy atom. The second-order valence-electron chi connectivity index (χ2n) is 7.04. The van der Waals surface area contributed by atoms with Crippen molar-refractivity contribution in [3.63, 3.8) is 0 Å². The molecule has 3 heterocycles. The van der Waals surface area contributed by atoms with Gasteiger partial charge in [0.05, 0.1) is 7.11 Å². The highest BCUT2D eigenvalue weighted by Crippen LogP contribution is 2.53. The van der Waals surface area contributed by atoms with Crippen LogP contribution in [0.4, 0.5) is 11.5 Å². The zero-order valence-corrected chi connectivity index (χ0v) is 14.6. The molecule has 1 fully saturated rings. The van der Waals surface area contributed by atoms with Crippen LogP contribution in [0.2, 0.25) is 0 Å². The Balaban J connectivity index is 1.55. The highest BCUT2D eigenvalue weighted by molar-refractivity contribution is 5.71. The fourth-order valence-electron chi connectivity index (χ4n) is 3.96. The van der Waals surface area contributed by atoms with E-state index in [9.17, 15) is 0 Å². The van der Waals surface area contributed by atoms with Gasteiger partial charge in [-0.05, 0) is 42.2 Å². The molecule has 0 radical (unpaired) electrons. The standard InChI is InChI=1S/C19H20N6O/c1-26-14-4-3-13-10-24(11-19(5-6-19)15(13)9-14)17-16(20)18(22-12-21-17)25-8-2-7-23-25/h2-4,7-9,12H,5-6,10-11,20H2,1H3. The van der Waals surface area contributed by atoms with E-state index in [1.54, 1.807) is 24.3 Å². The lowest BCUT2D eigenvalue weighted by atomic mass is 9.86. The summed E-state index contributed by atoms with van der Waals surface area (Å²) < 4.78 is 7.10. The summed E-state index contributed by atoms with van der Waals surface area (Å²) in [4.78, 5) is 11.1. The first kappa shape index (κ1) is 15.2. The van der Waals surface area contributed by atoms with Gasteiger partial charge in [-0.25, -0.2) is 14.6 Å². The number of anilines is 2. The summed E-state index contributed by atoms with van der Waals surface area (Å²) >= 11 is 0. The van der Waals surface area contributed by atoms with E-state index in [-0.39, 0.29) is 5.41 Å². The van der Waals surface area contributed by atoms with Crippen LogP contribution in [0.15, 0.2) is 43.0 Å². The van der Waals surface area contributed by atoms with Crippen molar-refractivity contribution >= 4 is 11.5 Å². The van der Waals surface area contributed by atoms with E-state index in [2.05, 4.69) is 32.1 Å². The van der Waals surface area contributed by atoms with Crippen molar-refractivity contribution in [3.8, 4) is 11.6 Å². The molecule has 7 heteroatoms. The molecular weight excluding hydrogens is 328 g/mol. The zero-order chi connectivity index (χ0) is 17.7. The fraction of sp³-hybridized carbons (Fsp3) is 0.316. The highest BCUT2D eigenvalue weighted by atomic mass is 16.5. The second kappa shape index (κ2) is 5.45. The largest absolute Gasteiger partial charge is 0.497 e. The van der Waals surface area contributed by atoms with Gasteiger partial charge in [-0.1, -0.05) is 6.07 Å². The van der Waals surface area contributed by atoms with Crippen LogP contribution in [0.3, 0.4) is 0 Å². The third-order valence-electron chi connectivity index (χ3n) is 5.46. The maximum atomic E-state index is 6.43. The molecule has 1 aromatic carbocycles. The molecule has 1 aliphatic heterocycles. The van der Waals surface area contributed by atoms with Crippen molar-refractivity contribution in [2.45, 2.75) is 24.8 Å². The number of benzene rings is 1. The van der Waals surface area contributed by atoms with Gasteiger partial charge in [0, 0.05) is 30.9 Å². The van der Waals surface area contributed by atoms with E-state index in [0.717, 1.165) is 24.7 Å². The first-order valence-electron chi connectivity index (χ1n) is 8.73. The van der Waals surface area contributed by atoms with Crippen LogP contribution < -0.4 is 15.4 Å². The number of nitrogens with two attached hydrogens (primary N) is 1. The van der Waals surface area contributed by atoms with Gasteiger partial charge in [0.25, 0.3) is 0 Å². The molecular formula is C19H20N6O. The van der Waals surface area contributed by atoms with Crippen LogP contribution in [0.1, 0.15) is 24.0 Å². The van der Waals surface area contributed by atoms with Crippen LogP contribution >= 0.6 is 0 Å². The lowest BCUT2D eigenvalue weighted by molar-refractivity contribution is 0.412. The third-order valence-corrected chi connectivity index (χ3v) is 5.46. The quantitative estimate of drug-likeness (QED) is 0.782. The lowest BCUT2D eigenvalue weighted by Crippen LogP contribution is -2.39. The maximum absolute atomic E-state index is 6.43. The Morgan fingerprint density at radius 1 is 1.19 bits per heavy atom. The van der Waals surface area contributed by atoms with E-state index in [1.807, 2.05) is 18.3 Å². The molecule has 0 amide bonds. The van der Waals surface area contributed by atoms with E-state index in [1.165, 1.54) is 24.0 Å². The summed E-state index contributed by atoms with van der Waals surface area (Å²) in [6.45, 7) is 1.69. The topological polar surface area (TPSA) is 82.1 Å². The average molecular weight is 348 g/mol. The average Bonchev–Trinajstić information content (AvgIpc) is 3.21. The van der Waals surface area contributed by atoms with Crippen molar-refractivity contribution < 1.29 is 4.74 Å². The van der Waals surface area contributed by atoms with Crippen LogP contribution in [0, 0.1) is 0 Å². The molecule has 5 rings (SSSR count). The molecule has 1 saturated carbocycles. The number of fused-ring (bicyclic) bond motifs is 2. The Labute approximate surface area is 151 Å². The predicted molar refractivity (Wildman–Crippen MR) is 98.5 cm³/mol. The fourth-order valence-corrected chi connectivity index (χ4v) is 3.96. The van der Waals surface area contributed by atoms with Crippen LogP contribution in [0.5, 0.6) is 5.75 Å². The summed E-state index contributed by atoms with van der Waals surface area (Å²) in [5.41, 5.74) is 9.90. The van der Waals surface area contributed by atoms with Crippen molar-refractivity contribution in [1.82, 2.24) is 19.7 Å². The molecule has 2 N–H and O–H groups in total. The van der Waals surface area contributed by atoms with Crippen molar-refractivity contribution in [2.75, 3.05) is 24.3 Å². The van der Waals surface area contributed by atoms with Gasteiger partial charge < -0.3 is 15.4 Å². The summed E-state index contributed by atoms with van der Waals surface area (Å²) in [5.74, 6) is 2.31. The molecule has 0 bridgehead atoms. The predicted octanol–water partition coefficient (Wildman–Crippen LogP) is 2.30. The van der Waals surface area contributed by atoms with Crippen molar-refractivity contribution in [3.05, 3.63) is 54.1 Å². The number of nitrogens with zero attached hydrogens (tertiary/aromatic N) is 5. The van der Waals surface area contributed by atoms with Gasteiger partial charge in [-0.2, -0.15) is 5.10 Å². The van der Waals surface area contributed by atoms with E-state index >= 15 is 0 Å². The monoisotopic (exact) mass is 348 g/mol. The highest BCUT2D eigenvalue weighted by Gasteiger charge is 2.49. The molecule has 0 unspecified atom stereocenters. The minimum Gasteiger partial charge on any atom is -0.497 e. The Hall–Kier alpha value is -3.09. The molecule has 0 atom stereocenters. The van der Waals surface area contributed by atoms with E-state index < -0.39 is 0 Å². The molecule has 7 nitrogen and oxygen atoms in total. The number of ether oxygens (including phenoxy) is 1. The number of hydrogen-bond donors (Lipinski definition) is 1. The maximum Gasteiger partial charge on any atom is 0.181 e. The molecule has 2 aliphatic rings. The van der Waals surface area contributed by atoms with Gasteiger partial charge in [0.15, 0.2) is 11.6 Å². The Morgan fingerprint density at radius 2 is 2.04 bits per heavy atom. The summed E-state index contributed by atoms with van der Waals surface area (Å²) in [6, 6.07) is 8.23. The lowest BCUT2D eigenvalue weighted by Gasteiger charge is -2.36. The molecule has 1 aliphatic carbocycles. The van der Waals surface area contributed by atoms with Gasteiger partial charge in [-0.15, -0.1) is 0 Å². The van der Waals surface area contributed by atoms with E-state index in [0.29, 0.717) is 11.5 Å². The summed E-state index contributed by atoms with van der Waals surface area (Å²) in [5, 5.41) is 4.24. The minimum absolute atomic E-state index is 0.186. The first-order valence-corrected chi connectivity index (χ1v) is 8.73. The first-order chi connectivity index (χ1) is 12.7. The summed E-state index contributed by atoms with van der Waals surface area (Å²) in [7, 11) is 1.72. The molecule has 132 valence electrons. The molecule has 26 heavy (non-hydrogen) atoms. The SMILES string of the molecule is COc1ccc2c(c1)C1(CC1)CN(c1ncnc(-n3cccn3)c1N)C2. The number of methoxy groups -OCH3 is 1. The number of nitrogen functional groups attached to an aromatic ring is 1. The van der Waals surface area contributed by atoms with Crippen LogP contribution in [0.25, 0.3) is 5.82 Å². The smallest absolute Gasteiger partial charge is 0.181 e. The van der Waals surface area contributed by atoms with Crippen molar-refractivity contribution in [1.29, 1.82) is 0 Å². The minimum atomic E-state index is 0.186. The second-order valence-corrected chi connectivity index (χ2v) is 7.04.